The Morgan fingerprint density at radius 3 is 2.59 bits per heavy atom. The summed E-state index contributed by atoms with van der Waals surface area (Å²) in [6.45, 7) is 5.02. The van der Waals surface area contributed by atoms with Crippen molar-refractivity contribution in [3.63, 3.8) is 0 Å². The molecule has 0 unspecified atom stereocenters. The van der Waals surface area contributed by atoms with Gasteiger partial charge in [-0.25, -0.2) is 13.4 Å². The van der Waals surface area contributed by atoms with E-state index in [1.807, 2.05) is 50.4 Å². The summed E-state index contributed by atoms with van der Waals surface area (Å²) in [5, 5.41) is 9.84. The molecule has 0 bridgehead atoms. The normalized spacial score (nSPS) is 20.0. The molecule has 37 heavy (non-hydrogen) atoms. The summed E-state index contributed by atoms with van der Waals surface area (Å²) in [5.74, 6) is 6.23. The molecule has 0 radical (unpaired) electrons. The molecular weight excluding hydrogens is 486 g/mol. The molecule has 0 saturated heterocycles. The SMILES string of the molecule is C[C@@H]1CN([C@@H](C)CO)S(=O)(=O)c2ccc(C#Cc3ccccn3)cc2O[C@H]1CN(C)Cc1ccccc1. The minimum Gasteiger partial charge on any atom is -0.487 e. The van der Waals surface area contributed by atoms with Gasteiger partial charge in [0.2, 0.25) is 10.0 Å². The minimum atomic E-state index is -3.90. The summed E-state index contributed by atoms with van der Waals surface area (Å²) in [4.78, 5) is 6.48. The zero-order valence-corrected chi connectivity index (χ0v) is 22.2. The van der Waals surface area contributed by atoms with Crippen LogP contribution in [0.15, 0.2) is 77.8 Å². The highest BCUT2D eigenvalue weighted by Gasteiger charge is 2.38. The Labute approximate surface area is 219 Å². The number of aromatic nitrogens is 1. The maximum atomic E-state index is 13.7. The number of aliphatic hydroxyl groups excluding tert-OH is 1. The number of aliphatic hydroxyl groups is 1. The molecule has 0 amide bonds. The Morgan fingerprint density at radius 1 is 1.14 bits per heavy atom. The van der Waals surface area contributed by atoms with E-state index in [1.54, 1.807) is 31.3 Å². The van der Waals surface area contributed by atoms with Crippen LogP contribution in [-0.4, -0.2) is 66.6 Å². The lowest BCUT2D eigenvalue weighted by atomic mass is 10.0. The third-order valence-corrected chi connectivity index (χ3v) is 8.47. The molecule has 1 N–H and O–H groups in total. The molecule has 0 aliphatic carbocycles. The van der Waals surface area contributed by atoms with Crippen LogP contribution in [0.25, 0.3) is 0 Å². The fourth-order valence-electron chi connectivity index (χ4n) is 4.36. The molecule has 0 fully saturated rings. The number of benzene rings is 2. The van der Waals surface area contributed by atoms with Gasteiger partial charge in [0.25, 0.3) is 0 Å². The van der Waals surface area contributed by atoms with Crippen molar-refractivity contribution < 1.29 is 18.3 Å². The summed E-state index contributed by atoms with van der Waals surface area (Å²) in [6, 6.07) is 20.0. The van der Waals surface area contributed by atoms with Gasteiger partial charge in [0, 0.05) is 43.4 Å². The van der Waals surface area contributed by atoms with E-state index in [1.165, 1.54) is 9.87 Å². The Kier molecular flexibility index (Phi) is 8.62. The highest BCUT2D eigenvalue weighted by Crippen LogP contribution is 2.34. The topological polar surface area (TPSA) is 83.0 Å². The van der Waals surface area contributed by atoms with Crippen LogP contribution in [0.3, 0.4) is 0 Å². The second-order valence-corrected chi connectivity index (χ2v) is 11.4. The lowest BCUT2D eigenvalue weighted by Crippen LogP contribution is -2.49. The van der Waals surface area contributed by atoms with E-state index in [-0.39, 0.29) is 35.8 Å². The van der Waals surface area contributed by atoms with Crippen LogP contribution in [0.1, 0.15) is 30.7 Å². The Bertz CT molecular complexity index is 1350. The van der Waals surface area contributed by atoms with E-state index in [4.69, 9.17) is 4.74 Å². The number of rotatable bonds is 6. The van der Waals surface area contributed by atoms with E-state index in [9.17, 15) is 13.5 Å². The molecular formula is C29H33N3O4S. The summed E-state index contributed by atoms with van der Waals surface area (Å²) < 4.78 is 35.2. The number of sulfonamides is 1. The number of fused-ring (bicyclic) bond motifs is 1. The summed E-state index contributed by atoms with van der Waals surface area (Å²) in [7, 11) is -1.87. The predicted molar refractivity (Wildman–Crippen MR) is 143 cm³/mol. The molecule has 1 aliphatic heterocycles. The molecule has 3 atom stereocenters. The van der Waals surface area contributed by atoms with Crippen LogP contribution in [0.5, 0.6) is 5.75 Å². The van der Waals surface area contributed by atoms with Gasteiger partial charge >= 0.3 is 0 Å². The maximum absolute atomic E-state index is 13.7. The van der Waals surface area contributed by atoms with E-state index >= 15 is 0 Å². The van der Waals surface area contributed by atoms with Gasteiger partial charge in [-0.15, -0.1) is 0 Å². The summed E-state index contributed by atoms with van der Waals surface area (Å²) in [6.07, 6.45) is 1.39. The monoisotopic (exact) mass is 519 g/mol. The summed E-state index contributed by atoms with van der Waals surface area (Å²) >= 11 is 0. The van der Waals surface area contributed by atoms with Crippen molar-refractivity contribution in [1.82, 2.24) is 14.2 Å². The van der Waals surface area contributed by atoms with Crippen LogP contribution < -0.4 is 4.74 Å². The van der Waals surface area contributed by atoms with E-state index in [2.05, 4.69) is 33.9 Å². The Morgan fingerprint density at radius 2 is 1.89 bits per heavy atom. The molecule has 4 rings (SSSR count). The van der Waals surface area contributed by atoms with Crippen LogP contribution in [0, 0.1) is 17.8 Å². The largest absolute Gasteiger partial charge is 0.487 e. The van der Waals surface area contributed by atoms with Gasteiger partial charge in [-0.1, -0.05) is 49.2 Å². The summed E-state index contributed by atoms with van der Waals surface area (Å²) in [5.41, 5.74) is 2.44. The second-order valence-electron chi connectivity index (χ2n) is 9.55. The number of pyridine rings is 1. The van der Waals surface area contributed by atoms with Crippen molar-refractivity contribution in [3.8, 4) is 17.6 Å². The van der Waals surface area contributed by atoms with E-state index < -0.39 is 16.1 Å². The van der Waals surface area contributed by atoms with Gasteiger partial charge in [0.1, 0.15) is 22.4 Å². The van der Waals surface area contributed by atoms with Crippen LogP contribution >= 0.6 is 0 Å². The standard InChI is InChI=1S/C29H33N3O4S/c1-22-18-32(23(2)21-33)37(34,35)29-15-13-24(12-14-26-11-7-8-16-30-26)17-27(29)36-28(22)20-31(3)19-25-9-5-4-6-10-25/h4-11,13,15-17,22-23,28,33H,18-21H2,1-3H3/t22-,23+,28+/m1/s1. The molecule has 1 aromatic heterocycles. The van der Waals surface area contributed by atoms with Crippen molar-refractivity contribution in [2.45, 2.75) is 37.4 Å². The molecule has 8 heteroatoms. The first-order valence-electron chi connectivity index (χ1n) is 12.4. The van der Waals surface area contributed by atoms with Gasteiger partial charge in [-0.3, -0.25) is 4.90 Å². The first kappa shape index (κ1) is 26.8. The number of ether oxygens (including phenoxy) is 1. The molecule has 3 aromatic rings. The second kappa shape index (κ2) is 11.9. The Balaban J connectivity index is 1.69. The van der Waals surface area contributed by atoms with Crippen molar-refractivity contribution in [3.05, 3.63) is 89.7 Å². The number of hydrogen-bond acceptors (Lipinski definition) is 6. The van der Waals surface area contributed by atoms with Crippen molar-refractivity contribution in [2.75, 3.05) is 26.7 Å². The predicted octanol–water partition coefficient (Wildman–Crippen LogP) is 3.38. The fraction of sp³-hybridized carbons (Fsp3) is 0.345. The Hall–Kier alpha value is -3.22. The third-order valence-electron chi connectivity index (χ3n) is 6.45. The minimum absolute atomic E-state index is 0.0822. The lowest BCUT2D eigenvalue weighted by Gasteiger charge is -2.37. The zero-order chi connectivity index (χ0) is 26.4. The first-order valence-corrected chi connectivity index (χ1v) is 13.8. The zero-order valence-electron chi connectivity index (χ0n) is 21.4. The van der Waals surface area contributed by atoms with Gasteiger partial charge in [-0.2, -0.15) is 4.31 Å². The molecule has 2 heterocycles. The van der Waals surface area contributed by atoms with E-state index in [0.717, 1.165) is 6.54 Å². The van der Waals surface area contributed by atoms with Crippen LogP contribution in [-0.2, 0) is 16.6 Å². The van der Waals surface area contributed by atoms with Gasteiger partial charge < -0.3 is 9.84 Å². The van der Waals surface area contributed by atoms with Gasteiger partial charge in [0.05, 0.1) is 6.61 Å². The molecule has 0 saturated carbocycles. The molecule has 1 aliphatic rings. The first-order chi connectivity index (χ1) is 17.8. The number of likely N-dealkylation sites (N-methyl/N-ethyl adjacent to an activating group) is 1. The van der Waals surface area contributed by atoms with Crippen LogP contribution in [0.4, 0.5) is 0 Å². The number of nitrogens with zero attached hydrogens (tertiary/aromatic N) is 3. The van der Waals surface area contributed by atoms with Gasteiger partial charge in [-0.05, 0) is 55.8 Å². The van der Waals surface area contributed by atoms with Crippen LogP contribution in [0.2, 0.25) is 0 Å². The quantitative estimate of drug-likeness (QED) is 0.503. The molecule has 0 spiro atoms. The molecule has 194 valence electrons. The third kappa shape index (κ3) is 6.56. The smallest absolute Gasteiger partial charge is 0.247 e. The average Bonchev–Trinajstić information content (AvgIpc) is 2.90. The van der Waals surface area contributed by atoms with Gasteiger partial charge in [0.15, 0.2) is 0 Å². The van der Waals surface area contributed by atoms with Crippen molar-refractivity contribution in [1.29, 1.82) is 0 Å². The maximum Gasteiger partial charge on any atom is 0.247 e. The van der Waals surface area contributed by atoms with Crippen molar-refractivity contribution >= 4 is 10.0 Å². The molecule has 2 aromatic carbocycles. The lowest BCUT2D eigenvalue weighted by molar-refractivity contribution is 0.0733. The average molecular weight is 520 g/mol. The van der Waals surface area contributed by atoms with E-state index in [0.29, 0.717) is 17.8 Å². The number of hydrogen-bond donors (Lipinski definition) is 1. The fourth-order valence-corrected chi connectivity index (χ4v) is 6.19. The molecule has 7 nitrogen and oxygen atoms in total. The van der Waals surface area contributed by atoms with Crippen molar-refractivity contribution in [2.24, 2.45) is 5.92 Å². The highest BCUT2D eigenvalue weighted by molar-refractivity contribution is 7.89. The highest BCUT2D eigenvalue weighted by atomic mass is 32.2.